The molecule has 0 unspecified atom stereocenters. The molecule has 0 aliphatic rings. The standard InChI is InChI=1S/C14H10ClN3O/c15-11-5-3-9(4-6-11)12-13(18-19-14(12)16)10-2-1-7-17-8-10/h1-8H,16H2. The van der Waals surface area contributed by atoms with Crippen molar-refractivity contribution in [2.75, 3.05) is 5.73 Å². The quantitative estimate of drug-likeness (QED) is 0.773. The van der Waals surface area contributed by atoms with Crippen LogP contribution in [-0.4, -0.2) is 10.1 Å². The van der Waals surface area contributed by atoms with Gasteiger partial charge in [0.25, 0.3) is 0 Å². The predicted molar refractivity (Wildman–Crippen MR) is 74.6 cm³/mol. The van der Waals surface area contributed by atoms with Gasteiger partial charge in [-0.2, -0.15) is 0 Å². The third-order valence-electron chi connectivity index (χ3n) is 2.79. The molecule has 0 radical (unpaired) electrons. The maximum Gasteiger partial charge on any atom is 0.230 e. The van der Waals surface area contributed by atoms with E-state index in [1.807, 2.05) is 24.3 Å². The van der Waals surface area contributed by atoms with E-state index >= 15 is 0 Å². The van der Waals surface area contributed by atoms with Crippen molar-refractivity contribution in [3.63, 3.8) is 0 Å². The van der Waals surface area contributed by atoms with Gasteiger partial charge >= 0.3 is 0 Å². The Labute approximate surface area is 114 Å². The summed E-state index contributed by atoms with van der Waals surface area (Å²) in [6.07, 6.45) is 3.42. The summed E-state index contributed by atoms with van der Waals surface area (Å²) in [6.45, 7) is 0. The topological polar surface area (TPSA) is 64.9 Å². The first-order valence-electron chi connectivity index (χ1n) is 5.67. The van der Waals surface area contributed by atoms with Crippen LogP contribution >= 0.6 is 11.6 Å². The highest BCUT2D eigenvalue weighted by Gasteiger charge is 2.17. The van der Waals surface area contributed by atoms with Crippen LogP contribution in [0.15, 0.2) is 53.3 Å². The molecule has 1 aromatic carbocycles. The molecule has 4 nitrogen and oxygen atoms in total. The Hall–Kier alpha value is -2.33. The highest BCUT2D eigenvalue weighted by molar-refractivity contribution is 6.30. The molecule has 3 aromatic rings. The van der Waals surface area contributed by atoms with Gasteiger partial charge in [0, 0.05) is 23.0 Å². The molecule has 2 heterocycles. The van der Waals surface area contributed by atoms with Gasteiger partial charge in [-0.1, -0.05) is 28.9 Å². The van der Waals surface area contributed by atoms with Crippen molar-refractivity contribution < 1.29 is 4.52 Å². The first-order valence-corrected chi connectivity index (χ1v) is 6.05. The Morgan fingerprint density at radius 3 is 2.53 bits per heavy atom. The molecule has 0 saturated carbocycles. The third kappa shape index (κ3) is 2.18. The van der Waals surface area contributed by atoms with E-state index in [9.17, 15) is 0 Å². The van der Waals surface area contributed by atoms with E-state index in [2.05, 4.69) is 10.1 Å². The molecule has 0 aliphatic heterocycles. The van der Waals surface area contributed by atoms with Crippen LogP contribution in [0.1, 0.15) is 0 Å². The smallest absolute Gasteiger partial charge is 0.230 e. The molecule has 0 amide bonds. The molecule has 3 rings (SSSR count). The number of anilines is 1. The van der Waals surface area contributed by atoms with Gasteiger partial charge in [0.2, 0.25) is 5.88 Å². The summed E-state index contributed by atoms with van der Waals surface area (Å²) in [4.78, 5) is 4.08. The van der Waals surface area contributed by atoms with Gasteiger partial charge in [0.1, 0.15) is 5.69 Å². The molecular weight excluding hydrogens is 262 g/mol. The molecule has 19 heavy (non-hydrogen) atoms. The second-order valence-corrected chi connectivity index (χ2v) is 4.46. The monoisotopic (exact) mass is 271 g/mol. The molecule has 2 aromatic heterocycles. The van der Waals surface area contributed by atoms with Crippen LogP contribution in [0.3, 0.4) is 0 Å². The molecule has 0 aliphatic carbocycles. The minimum atomic E-state index is 0.279. The lowest BCUT2D eigenvalue weighted by Gasteiger charge is -2.02. The number of hydrogen-bond donors (Lipinski definition) is 1. The molecular formula is C14H10ClN3O. The summed E-state index contributed by atoms with van der Waals surface area (Å²) in [5.41, 5.74) is 9.05. The SMILES string of the molecule is Nc1onc(-c2cccnc2)c1-c1ccc(Cl)cc1. The lowest BCUT2D eigenvalue weighted by Crippen LogP contribution is -1.88. The zero-order valence-corrected chi connectivity index (χ0v) is 10.6. The maximum atomic E-state index is 5.89. The molecule has 0 atom stereocenters. The number of halogens is 1. The molecule has 0 spiro atoms. The summed E-state index contributed by atoms with van der Waals surface area (Å²) in [7, 11) is 0. The predicted octanol–water partition coefficient (Wildman–Crippen LogP) is 3.64. The van der Waals surface area contributed by atoms with Crippen LogP contribution in [0, 0.1) is 0 Å². The molecule has 0 fully saturated rings. The lowest BCUT2D eigenvalue weighted by molar-refractivity contribution is 0.439. The number of aromatic nitrogens is 2. The van der Waals surface area contributed by atoms with Crippen LogP contribution in [0.2, 0.25) is 5.02 Å². The van der Waals surface area contributed by atoms with Gasteiger partial charge in [-0.15, -0.1) is 0 Å². The number of pyridine rings is 1. The summed E-state index contributed by atoms with van der Waals surface area (Å²) < 4.78 is 5.10. The zero-order valence-electron chi connectivity index (χ0n) is 9.88. The van der Waals surface area contributed by atoms with Crippen molar-refractivity contribution in [2.45, 2.75) is 0 Å². The van der Waals surface area contributed by atoms with E-state index in [1.165, 1.54) is 0 Å². The van der Waals surface area contributed by atoms with E-state index in [4.69, 9.17) is 21.9 Å². The average molecular weight is 272 g/mol. The second-order valence-electron chi connectivity index (χ2n) is 4.02. The van der Waals surface area contributed by atoms with E-state index in [0.29, 0.717) is 10.7 Å². The normalized spacial score (nSPS) is 10.6. The Morgan fingerprint density at radius 2 is 1.84 bits per heavy atom. The average Bonchev–Trinajstić information content (AvgIpc) is 2.83. The van der Waals surface area contributed by atoms with Gasteiger partial charge < -0.3 is 10.3 Å². The number of nitrogen functional groups attached to an aromatic ring is 1. The summed E-state index contributed by atoms with van der Waals surface area (Å²) in [5, 5.41) is 4.68. The van der Waals surface area contributed by atoms with Crippen molar-refractivity contribution in [2.24, 2.45) is 0 Å². The molecule has 5 heteroatoms. The Kier molecular flexibility index (Phi) is 2.93. The van der Waals surface area contributed by atoms with E-state index < -0.39 is 0 Å². The minimum Gasteiger partial charge on any atom is -0.367 e. The van der Waals surface area contributed by atoms with Gasteiger partial charge in [0.15, 0.2) is 0 Å². The highest BCUT2D eigenvalue weighted by Crippen LogP contribution is 2.36. The van der Waals surface area contributed by atoms with Crippen molar-refractivity contribution in [3.8, 4) is 22.4 Å². The number of nitrogens with zero attached hydrogens (tertiary/aromatic N) is 2. The van der Waals surface area contributed by atoms with Gasteiger partial charge in [-0.3, -0.25) is 4.98 Å². The Bertz CT molecular complexity index is 692. The van der Waals surface area contributed by atoms with Crippen molar-refractivity contribution in [1.82, 2.24) is 10.1 Å². The fraction of sp³-hybridized carbons (Fsp3) is 0. The van der Waals surface area contributed by atoms with E-state index in [-0.39, 0.29) is 5.88 Å². The van der Waals surface area contributed by atoms with Crippen molar-refractivity contribution in [3.05, 3.63) is 53.8 Å². The number of rotatable bonds is 2. The van der Waals surface area contributed by atoms with Crippen LogP contribution in [0.5, 0.6) is 0 Å². The van der Waals surface area contributed by atoms with Gasteiger partial charge in [-0.25, -0.2) is 0 Å². The Balaban J connectivity index is 2.17. The number of nitrogens with two attached hydrogens (primary N) is 1. The van der Waals surface area contributed by atoms with Crippen LogP contribution in [0.25, 0.3) is 22.4 Å². The molecule has 94 valence electrons. The highest BCUT2D eigenvalue weighted by atomic mass is 35.5. The number of benzene rings is 1. The zero-order chi connectivity index (χ0) is 13.2. The van der Waals surface area contributed by atoms with Crippen LogP contribution in [-0.2, 0) is 0 Å². The minimum absolute atomic E-state index is 0.279. The van der Waals surface area contributed by atoms with Crippen LogP contribution < -0.4 is 5.73 Å². The lowest BCUT2D eigenvalue weighted by atomic mass is 10.0. The van der Waals surface area contributed by atoms with Gasteiger partial charge in [-0.05, 0) is 29.8 Å². The third-order valence-corrected chi connectivity index (χ3v) is 3.04. The molecule has 0 saturated heterocycles. The first-order chi connectivity index (χ1) is 9.25. The maximum absolute atomic E-state index is 5.89. The summed E-state index contributed by atoms with van der Waals surface area (Å²) in [6, 6.07) is 11.1. The van der Waals surface area contributed by atoms with Crippen molar-refractivity contribution >= 4 is 17.5 Å². The Morgan fingerprint density at radius 1 is 1.05 bits per heavy atom. The summed E-state index contributed by atoms with van der Waals surface area (Å²) >= 11 is 5.89. The fourth-order valence-electron chi connectivity index (χ4n) is 1.90. The van der Waals surface area contributed by atoms with E-state index in [1.54, 1.807) is 24.5 Å². The molecule has 2 N–H and O–H groups in total. The first kappa shape index (κ1) is 11.7. The molecule has 0 bridgehead atoms. The summed E-state index contributed by atoms with van der Waals surface area (Å²) in [5.74, 6) is 0.279. The van der Waals surface area contributed by atoms with Crippen molar-refractivity contribution in [1.29, 1.82) is 0 Å². The van der Waals surface area contributed by atoms with Crippen LogP contribution in [0.4, 0.5) is 5.88 Å². The fourth-order valence-corrected chi connectivity index (χ4v) is 2.02. The van der Waals surface area contributed by atoms with Gasteiger partial charge in [0.05, 0.1) is 5.56 Å². The second kappa shape index (κ2) is 4.74. The number of hydrogen-bond acceptors (Lipinski definition) is 4. The largest absolute Gasteiger partial charge is 0.367 e. The van der Waals surface area contributed by atoms with E-state index in [0.717, 1.165) is 16.7 Å².